The molecule has 2 aliphatic rings. The van der Waals surface area contributed by atoms with Gasteiger partial charge in [-0.3, -0.25) is 4.79 Å². The summed E-state index contributed by atoms with van der Waals surface area (Å²) in [5.41, 5.74) is 0.819. The summed E-state index contributed by atoms with van der Waals surface area (Å²) in [6, 6.07) is 0.486. The summed E-state index contributed by atoms with van der Waals surface area (Å²) in [6.45, 7) is 5.99. The van der Waals surface area contributed by atoms with E-state index in [1.54, 1.807) is 10.9 Å². The molecular weight excluding hydrogens is 268 g/mol. The van der Waals surface area contributed by atoms with Gasteiger partial charge in [-0.2, -0.15) is 0 Å². The Kier molecular flexibility index (Phi) is 3.97. The number of hydrogen-bond acceptors (Lipinski definition) is 4. The molecule has 6 heteroatoms. The van der Waals surface area contributed by atoms with Crippen LogP contribution < -0.4 is 5.32 Å². The molecule has 0 radical (unpaired) electrons. The Balaban J connectivity index is 1.56. The minimum absolute atomic E-state index is 0.107. The van der Waals surface area contributed by atoms with Crippen molar-refractivity contribution in [2.45, 2.75) is 58.0 Å². The van der Waals surface area contributed by atoms with Crippen LogP contribution in [0.4, 0.5) is 0 Å². The molecule has 116 valence electrons. The predicted octanol–water partition coefficient (Wildman–Crippen LogP) is 1.94. The largest absolute Gasteiger partial charge is 0.379 e. The summed E-state index contributed by atoms with van der Waals surface area (Å²) in [6.07, 6.45) is 7.07. The quantitative estimate of drug-likeness (QED) is 0.924. The highest BCUT2D eigenvalue weighted by Gasteiger charge is 2.28. The van der Waals surface area contributed by atoms with Gasteiger partial charge in [0, 0.05) is 12.6 Å². The van der Waals surface area contributed by atoms with Gasteiger partial charge in [0.15, 0.2) is 5.69 Å². The van der Waals surface area contributed by atoms with E-state index in [2.05, 4.69) is 29.5 Å². The fraction of sp³-hybridized carbons (Fsp3) is 0.800. The predicted molar refractivity (Wildman–Crippen MR) is 78.0 cm³/mol. The van der Waals surface area contributed by atoms with E-state index >= 15 is 0 Å². The van der Waals surface area contributed by atoms with Gasteiger partial charge < -0.3 is 10.1 Å². The summed E-state index contributed by atoms with van der Waals surface area (Å²) in [4.78, 5) is 12.2. The second-order valence-corrected chi connectivity index (χ2v) is 7.01. The van der Waals surface area contributed by atoms with Crippen LogP contribution in [0.1, 0.15) is 62.5 Å². The number of aromatic nitrogens is 3. The van der Waals surface area contributed by atoms with Crippen LogP contribution in [-0.4, -0.2) is 40.2 Å². The Morgan fingerprint density at radius 2 is 2.14 bits per heavy atom. The molecule has 1 atom stereocenters. The first-order chi connectivity index (χ1) is 10.0. The monoisotopic (exact) mass is 292 g/mol. The third-order valence-corrected chi connectivity index (χ3v) is 4.70. The number of hydrogen-bond donors (Lipinski definition) is 1. The molecule has 1 aromatic rings. The van der Waals surface area contributed by atoms with Gasteiger partial charge in [-0.25, -0.2) is 4.68 Å². The van der Waals surface area contributed by atoms with E-state index in [0.29, 0.717) is 17.7 Å². The normalized spacial score (nSPS) is 25.9. The van der Waals surface area contributed by atoms with Crippen molar-refractivity contribution >= 4 is 5.91 Å². The number of carbonyl (C=O) groups is 1. The second-order valence-electron chi connectivity index (χ2n) is 7.01. The van der Waals surface area contributed by atoms with Crippen molar-refractivity contribution in [2.24, 2.45) is 5.41 Å². The van der Waals surface area contributed by atoms with Crippen molar-refractivity contribution in [2.75, 3.05) is 13.2 Å². The molecule has 1 aliphatic carbocycles. The van der Waals surface area contributed by atoms with E-state index in [9.17, 15) is 4.79 Å². The lowest BCUT2D eigenvalue weighted by Gasteiger charge is -2.34. The van der Waals surface area contributed by atoms with Crippen LogP contribution in [0, 0.1) is 5.41 Å². The zero-order chi connectivity index (χ0) is 14.9. The molecule has 1 aliphatic heterocycles. The highest BCUT2D eigenvalue weighted by molar-refractivity contribution is 5.92. The lowest BCUT2D eigenvalue weighted by atomic mass is 9.75. The molecule has 0 aromatic carbocycles. The van der Waals surface area contributed by atoms with Crippen LogP contribution in [0.25, 0.3) is 0 Å². The number of rotatable bonds is 3. The molecule has 1 amide bonds. The Morgan fingerprint density at radius 3 is 2.81 bits per heavy atom. The number of carbonyl (C=O) groups excluding carboxylic acids is 1. The zero-order valence-corrected chi connectivity index (χ0v) is 12.8. The van der Waals surface area contributed by atoms with Crippen LogP contribution in [0.5, 0.6) is 0 Å². The SMILES string of the molecule is CC1(C)CCC(NC(=O)c2cn(C3CCOC3)nn2)CC1. The third-order valence-electron chi connectivity index (χ3n) is 4.70. The minimum atomic E-state index is -0.107. The van der Waals surface area contributed by atoms with Crippen LogP contribution in [0.2, 0.25) is 0 Å². The van der Waals surface area contributed by atoms with Crippen molar-refractivity contribution in [3.63, 3.8) is 0 Å². The van der Waals surface area contributed by atoms with E-state index in [-0.39, 0.29) is 18.0 Å². The van der Waals surface area contributed by atoms with Gasteiger partial charge in [0.2, 0.25) is 0 Å². The van der Waals surface area contributed by atoms with Crippen molar-refractivity contribution in [1.29, 1.82) is 0 Å². The van der Waals surface area contributed by atoms with Gasteiger partial charge >= 0.3 is 0 Å². The zero-order valence-electron chi connectivity index (χ0n) is 12.8. The fourth-order valence-electron chi connectivity index (χ4n) is 3.09. The summed E-state index contributed by atoms with van der Waals surface area (Å²) in [5.74, 6) is -0.107. The summed E-state index contributed by atoms with van der Waals surface area (Å²) in [7, 11) is 0. The molecule has 21 heavy (non-hydrogen) atoms. The van der Waals surface area contributed by atoms with Gasteiger partial charge in [-0.15, -0.1) is 5.10 Å². The van der Waals surface area contributed by atoms with E-state index in [4.69, 9.17) is 4.74 Å². The molecule has 1 saturated heterocycles. The van der Waals surface area contributed by atoms with E-state index in [1.165, 1.54) is 0 Å². The third kappa shape index (κ3) is 3.43. The molecule has 3 rings (SSSR count). The van der Waals surface area contributed by atoms with Crippen molar-refractivity contribution in [1.82, 2.24) is 20.3 Å². The lowest BCUT2D eigenvalue weighted by molar-refractivity contribution is 0.0904. The number of nitrogens with one attached hydrogen (secondary N) is 1. The smallest absolute Gasteiger partial charge is 0.273 e. The van der Waals surface area contributed by atoms with Crippen molar-refractivity contribution < 1.29 is 9.53 Å². The van der Waals surface area contributed by atoms with Gasteiger partial charge in [0.1, 0.15) is 0 Å². The molecule has 1 aromatic heterocycles. The summed E-state index contributed by atoms with van der Waals surface area (Å²) >= 11 is 0. The average molecular weight is 292 g/mol. The van der Waals surface area contributed by atoms with Crippen LogP contribution in [0.15, 0.2) is 6.20 Å². The van der Waals surface area contributed by atoms with Gasteiger partial charge in [0.05, 0.1) is 18.8 Å². The molecular formula is C15H24N4O2. The van der Waals surface area contributed by atoms with Gasteiger partial charge in [0.25, 0.3) is 5.91 Å². The van der Waals surface area contributed by atoms with E-state index < -0.39 is 0 Å². The molecule has 2 heterocycles. The minimum Gasteiger partial charge on any atom is -0.379 e. The van der Waals surface area contributed by atoms with Crippen LogP contribution >= 0.6 is 0 Å². The molecule has 0 spiro atoms. The maximum absolute atomic E-state index is 12.2. The maximum atomic E-state index is 12.2. The van der Waals surface area contributed by atoms with E-state index in [0.717, 1.165) is 38.7 Å². The first kappa shape index (κ1) is 14.5. The van der Waals surface area contributed by atoms with Crippen LogP contribution in [-0.2, 0) is 4.74 Å². The molecule has 1 saturated carbocycles. The fourth-order valence-corrected chi connectivity index (χ4v) is 3.09. The topological polar surface area (TPSA) is 69.0 Å². The average Bonchev–Trinajstić information content (AvgIpc) is 3.10. The lowest BCUT2D eigenvalue weighted by Crippen LogP contribution is -2.39. The molecule has 1 N–H and O–H groups in total. The Hall–Kier alpha value is -1.43. The molecule has 6 nitrogen and oxygen atoms in total. The first-order valence-electron chi connectivity index (χ1n) is 7.84. The molecule has 1 unspecified atom stereocenters. The van der Waals surface area contributed by atoms with Crippen LogP contribution in [0.3, 0.4) is 0 Å². The second kappa shape index (κ2) is 5.75. The number of ether oxygens (including phenoxy) is 1. The van der Waals surface area contributed by atoms with Crippen molar-refractivity contribution in [3.8, 4) is 0 Å². The Labute approximate surface area is 125 Å². The van der Waals surface area contributed by atoms with Gasteiger partial charge in [-0.1, -0.05) is 19.1 Å². The highest BCUT2D eigenvalue weighted by atomic mass is 16.5. The Morgan fingerprint density at radius 1 is 1.38 bits per heavy atom. The summed E-state index contributed by atoms with van der Waals surface area (Å²) in [5, 5.41) is 11.2. The Bertz CT molecular complexity index is 496. The van der Waals surface area contributed by atoms with Crippen molar-refractivity contribution in [3.05, 3.63) is 11.9 Å². The maximum Gasteiger partial charge on any atom is 0.273 e. The summed E-state index contributed by atoms with van der Waals surface area (Å²) < 4.78 is 7.09. The van der Waals surface area contributed by atoms with Gasteiger partial charge in [-0.05, 0) is 37.5 Å². The first-order valence-corrected chi connectivity index (χ1v) is 7.84. The molecule has 2 fully saturated rings. The molecule has 0 bridgehead atoms. The standard InChI is InChI=1S/C15H24N4O2/c1-15(2)6-3-11(4-7-15)16-14(20)13-9-19(18-17-13)12-5-8-21-10-12/h9,11-12H,3-8,10H2,1-2H3,(H,16,20). The highest BCUT2D eigenvalue weighted by Crippen LogP contribution is 2.35. The number of nitrogens with zero attached hydrogens (tertiary/aromatic N) is 3. The number of amides is 1. The van der Waals surface area contributed by atoms with E-state index in [1.807, 2.05) is 0 Å².